The quantitative estimate of drug-likeness (QED) is 0.456. The summed E-state index contributed by atoms with van der Waals surface area (Å²) in [7, 11) is 1.59. The number of epoxide rings is 1. The first-order valence-electron chi connectivity index (χ1n) is 5.63. The molecular weight excluding hydrogens is 220 g/mol. The average Bonchev–Trinajstić information content (AvgIpc) is 3.10. The van der Waals surface area contributed by atoms with Crippen LogP contribution in [-0.2, 0) is 9.53 Å². The van der Waals surface area contributed by atoms with Gasteiger partial charge in [-0.1, -0.05) is 13.8 Å². The first-order chi connectivity index (χ1) is 8.11. The van der Waals surface area contributed by atoms with Crippen LogP contribution >= 0.6 is 0 Å². The van der Waals surface area contributed by atoms with Gasteiger partial charge in [0.15, 0.2) is 6.10 Å². The van der Waals surface area contributed by atoms with Crippen LogP contribution in [0.1, 0.15) is 13.8 Å². The second-order valence-electron chi connectivity index (χ2n) is 4.36. The molecule has 1 heterocycles. The highest BCUT2D eigenvalue weighted by Gasteiger charge is 2.48. The molecule has 1 aliphatic heterocycles. The Morgan fingerprint density at radius 3 is 2.29 bits per heavy atom. The summed E-state index contributed by atoms with van der Waals surface area (Å²) in [5.74, 6) is 1.25. The van der Waals surface area contributed by atoms with Gasteiger partial charge in [0.25, 0.3) is 0 Å². The summed E-state index contributed by atoms with van der Waals surface area (Å²) in [6.07, 6.45) is -0.405. The third kappa shape index (κ3) is 2.77. The number of carbonyl (C=O) groups is 1. The van der Waals surface area contributed by atoms with Crippen molar-refractivity contribution in [1.82, 2.24) is 0 Å². The van der Waals surface area contributed by atoms with Crippen LogP contribution < -0.4 is 9.47 Å². The highest BCUT2D eigenvalue weighted by Crippen LogP contribution is 2.30. The summed E-state index contributed by atoms with van der Waals surface area (Å²) in [4.78, 5) is 11.7. The monoisotopic (exact) mass is 236 g/mol. The number of ether oxygens (including phenoxy) is 3. The van der Waals surface area contributed by atoms with Crippen LogP contribution in [0.25, 0.3) is 0 Å². The van der Waals surface area contributed by atoms with Gasteiger partial charge in [0.05, 0.1) is 13.2 Å². The molecule has 1 saturated heterocycles. The Kier molecular flexibility index (Phi) is 3.33. The lowest BCUT2D eigenvalue weighted by Gasteiger charge is -2.04. The molecule has 92 valence electrons. The van der Waals surface area contributed by atoms with E-state index in [0.29, 0.717) is 11.7 Å². The molecule has 0 amide bonds. The smallest absolute Gasteiger partial charge is 0.343 e. The van der Waals surface area contributed by atoms with Crippen LogP contribution in [0.3, 0.4) is 0 Å². The third-order valence-corrected chi connectivity index (χ3v) is 2.69. The maximum absolute atomic E-state index is 11.7. The van der Waals surface area contributed by atoms with Gasteiger partial charge >= 0.3 is 5.97 Å². The van der Waals surface area contributed by atoms with Gasteiger partial charge in [-0.05, 0) is 30.2 Å². The van der Waals surface area contributed by atoms with Crippen molar-refractivity contribution in [2.24, 2.45) is 5.92 Å². The Morgan fingerprint density at radius 2 is 1.82 bits per heavy atom. The summed E-state index contributed by atoms with van der Waals surface area (Å²) in [5, 5.41) is 0. The van der Waals surface area contributed by atoms with E-state index in [1.807, 2.05) is 13.8 Å². The molecule has 0 aliphatic carbocycles. The predicted molar refractivity (Wildman–Crippen MR) is 62.1 cm³/mol. The molecule has 0 N–H and O–H groups in total. The summed E-state index contributed by atoms with van der Waals surface area (Å²) in [6.45, 7) is 4.04. The van der Waals surface area contributed by atoms with Crippen molar-refractivity contribution in [3.05, 3.63) is 24.3 Å². The van der Waals surface area contributed by atoms with Gasteiger partial charge in [0.1, 0.15) is 11.5 Å². The van der Waals surface area contributed by atoms with Crippen molar-refractivity contribution in [2.45, 2.75) is 26.1 Å². The molecule has 1 aliphatic rings. The summed E-state index contributed by atoms with van der Waals surface area (Å²) in [5.41, 5.74) is 0. The van der Waals surface area contributed by atoms with E-state index in [0.717, 1.165) is 5.75 Å². The van der Waals surface area contributed by atoms with Crippen LogP contribution in [0.5, 0.6) is 11.5 Å². The molecule has 2 atom stereocenters. The lowest BCUT2D eigenvalue weighted by Crippen LogP contribution is -2.18. The molecular formula is C13H16O4. The molecule has 0 spiro atoms. The standard InChI is InChI=1S/C13H16O4/c1-8(2)11-12(17-11)13(14)16-10-6-4-9(15-3)5-7-10/h4-8,11-12H,1-3H3/t11-,12+/m1/s1. The number of benzene rings is 1. The van der Waals surface area contributed by atoms with Crippen LogP contribution in [-0.4, -0.2) is 25.3 Å². The number of hydrogen-bond donors (Lipinski definition) is 0. The van der Waals surface area contributed by atoms with Crippen molar-refractivity contribution in [1.29, 1.82) is 0 Å². The average molecular weight is 236 g/mol. The lowest BCUT2D eigenvalue weighted by atomic mass is 10.1. The maximum Gasteiger partial charge on any atom is 0.343 e. The van der Waals surface area contributed by atoms with E-state index < -0.39 is 6.10 Å². The molecule has 4 heteroatoms. The fraction of sp³-hybridized carbons (Fsp3) is 0.462. The Labute approximate surface area is 100 Å². The number of carbonyl (C=O) groups excluding carboxylic acids is 1. The molecule has 0 radical (unpaired) electrons. The Hall–Kier alpha value is -1.55. The summed E-state index contributed by atoms with van der Waals surface area (Å²) < 4.78 is 15.5. The minimum Gasteiger partial charge on any atom is -0.497 e. The number of rotatable bonds is 4. The zero-order chi connectivity index (χ0) is 12.4. The van der Waals surface area contributed by atoms with Crippen LogP contribution in [0.2, 0.25) is 0 Å². The molecule has 1 aromatic rings. The minimum atomic E-state index is -0.405. The Morgan fingerprint density at radius 1 is 1.24 bits per heavy atom. The van der Waals surface area contributed by atoms with Crippen LogP contribution in [0, 0.1) is 5.92 Å². The van der Waals surface area contributed by atoms with Crippen molar-refractivity contribution in [2.75, 3.05) is 7.11 Å². The number of methoxy groups -OCH3 is 1. The minimum absolute atomic E-state index is 0.000693. The summed E-state index contributed by atoms with van der Waals surface area (Å²) in [6, 6.07) is 6.89. The van der Waals surface area contributed by atoms with E-state index >= 15 is 0 Å². The van der Waals surface area contributed by atoms with Gasteiger partial charge in [-0.25, -0.2) is 4.79 Å². The first kappa shape index (κ1) is 11.9. The maximum atomic E-state index is 11.7. The normalized spacial score (nSPS) is 22.4. The number of esters is 1. The largest absolute Gasteiger partial charge is 0.497 e. The molecule has 2 rings (SSSR count). The zero-order valence-corrected chi connectivity index (χ0v) is 10.2. The van der Waals surface area contributed by atoms with Gasteiger partial charge in [-0.2, -0.15) is 0 Å². The first-order valence-corrected chi connectivity index (χ1v) is 5.63. The van der Waals surface area contributed by atoms with Crippen molar-refractivity contribution in [3.8, 4) is 11.5 Å². The van der Waals surface area contributed by atoms with Gasteiger partial charge in [0, 0.05) is 0 Å². The molecule has 17 heavy (non-hydrogen) atoms. The highest BCUT2D eigenvalue weighted by atomic mass is 16.6. The third-order valence-electron chi connectivity index (χ3n) is 2.69. The van der Waals surface area contributed by atoms with Gasteiger partial charge < -0.3 is 14.2 Å². The van der Waals surface area contributed by atoms with Crippen LogP contribution in [0.15, 0.2) is 24.3 Å². The van der Waals surface area contributed by atoms with Crippen molar-refractivity contribution >= 4 is 5.97 Å². The van der Waals surface area contributed by atoms with Gasteiger partial charge in [-0.3, -0.25) is 0 Å². The topological polar surface area (TPSA) is 48.1 Å². The lowest BCUT2D eigenvalue weighted by molar-refractivity contribution is -0.135. The molecule has 0 bridgehead atoms. The van der Waals surface area contributed by atoms with E-state index in [9.17, 15) is 4.79 Å². The van der Waals surface area contributed by atoms with Crippen LogP contribution in [0.4, 0.5) is 0 Å². The SMILES string of the molecule is COc1ccc(OC(=O)[C@H]2O[C@@H]2C(C)C)cc1. The molecule has 4 nitrogen and oxygen atoms in total. The van der Waals surface area contributed by atoms with Crippen molar-refractivity contribution in [3.63, 3.8) is 0 Å². The molecule has 0 aromatic heterocycles. The van der Waals surface area contributed by atoms with Gasteiger partial charge in [-0.15, -0.1) is 0 Å². The van der Waals surface area contributed by atoms with E-state index in [1.54, 1.807) is 31.4 Å². The number of hydrogen-bond acceptors (Lipinski definition) is 4. The van der Waals surface area contributed by atoms with E-state index in [4.69, 9.17) is 14.2 Å². The van der Waals surface area contributed by atoms with Gasteiger partial charge in [0.2, 0.25) is 0 Å². The zero-order valence-electron chi connectivity index (χ0n) is 10.2. The predicted octanol–water partition coefficient (Wildman–Crippen LogP) is 2.02. The molecule has 1 aromatic carbocycles. The second kappa shape index (κ2) is 4.75. The second-order valence-corrected chi connectivity index (χ2v) is 4.36. The van der Waals surface area contributed by atoms with E-state index in [1.165, 1.54) is 0 Å². The highest BCUT2D eigenvalue weighted by molar-refractivity contribution is 5.80. The Bertz CT molecular complexity index is 396. The Balaban J connectivity index is 1.90. The fourth-order valence-electron chi connectivity index (χ4n) is 1.64. The fourth-order valence-corrected chi connectivity index (χ4v) is 1.64. The van der Waals surface area contributed by atoms with E-state index in [-0.39, 0.29) is 12.1 Å². The summed E-state index contributed by atoms with van der Waals surface area (Å²) >= 11 is 0. The molecule has 0 unspecified atom stereocenters. The van der Waals surface area contributed by atoms with E-state index in [2.05, 4.69) is 0 Å². The van der Waals surface area contributed by atoms with Crippen molar-refractivity contribution < 1.29 is 19.0 Å². The molecule has 0 saturated carbocycles. The molecule has 1 fully saturated rings.